The number of likely N-dealkylation sites (N-methyl/N-ethyl adjacent to an activating group) is 1. The quantitative estimate of drug-likeness (QED) is 0.769. The van der Waals surface area contributed by atoms with Crippen LogP contribution in [-0.2, 0) is 9.53 Å². The van der Waals surface area contributed by atoms with Gasteiger partial charge in [0.2, 0.25) is 0 Å². The number of rotatable bonds is 4. The summed E-state index contributed by atoms with van der Waals surface area (Å²) in [5.74, 6) is -0.959. The van der Waals surface area contributed by atoms with Gasteiger partial charge in [-0.25, -0.2) is 0 Å². The van der Waals surface area contributed by atoms with Crippen LogP contribution in [0.1, 0.15) is 17.3 Å². The van der Waals surface area contributed by atoms with Crippen molar-refractivity contribution in [3.8, 4) is 5.75 Å². The molecule has 17 heavy (non-hydrogen) atoms. The van der Waals surface area contributed by atoms with Crippen molar-refractivity contribution < 1.29 is 19.4 Å². The zero-order chi connectivity index (χ0) is 12.8. The molecule has 0 saturated carbocycles. The van der Waals surface area contributed by atoms with Crippen LogP contribution < -0.4 is 0 Å². The fourth-order valence-corrected chi connectivity index (χ4v) is 1.27. The molecular formula is C11H14N2O4. The van der Waals surface area contributed by atoms with Crippen molar-refractivity contribution in [2.75, 3.05) is 20.2 Å². The summed E-state index contributed by atoms with van der Waals surface area (Å²) in [4.78, 5) is 28.1. The van der Waals surface area contributed by atoms with Crippen molar-refractivity contribution >= 4 is 11.9 Å². The first-order chi connectivity index (χ1) is 8.08. The Morgan fingerprint density at radius 2 is 2.18 bits per heavy atom. The van der Waals surface area contributed by atoms with Crippen LogP contribution in [0.5, 0.6) is 5.75 Å². The molecule has 1 amide bonds. The average molecular weight is 238 g/mol. The van der Waals surface area contributed by atoms with Crippen LogP contribution in [-0.4, -0.2) is 47.1 Å². The van der Waals surface area contributed by atoms with E-state index in [0.717, 1.165) is 0 Å². The predicted octanol–water partition coefficient (Wildman–Crippen LogP) is 0.422. The van der Waals surface area contributed by atoms with Crippen LogP contribution in [0.3, 0.4) is 0 Å². The van der Waals surface area contributed by atoms with Gasteiger partial charge in [0.05, 0.1) is 18.9 Å². The summed E-state index contributed by atoms with van der Waals surface area (Å²) in [6.07, 6.45) is 2.56. The number of pyridine rings is 1. The minimum Gasteiger partial charge on any atom is -0.506 e. The summed E-state index contributed by atoms with van der Waals surface area (Å²) in [5.41, 5.74) is 0.232. The van der Waals surface area contributed by atoms with Crippen molar-refractivity contribution in [2.45, 2.75) is 6.92 Å². The maximum Gasteiger partial charge on any atom is 0.325 e. The lowest BCUT2D eigenvalue weighted by Crippen LogP contribution is -2.36. The summed E-state index contributed by atoms with van der Waals surface area (Å²) in [6.45, 7) is 1.99. The van der Waals surface area contributed by atoms with Crippen LogP contribution >= 0.6 is 0 Å². The zero-order valence-electron chi connectivity index (χ0n) is 9.71. The van der Waals surface area contributed by atoms with Gasteiger partial charge in [-0.3, -0.25) is 14.6 Å². The second kappa shape index (κ2) is 5.83. The van der Waals surface area contributed by atoms with Gasteiger partial charge in [0.15, 0.2) is 0 Å². The fraction of sp³-hybridized carbons (Fsp3) is 0.364. The van der Waals surface area contributed by atoms with Crippen molar-refractivity contribution in [2.24, 2.45) is 0 Å². The van der Waals surface area contributed by atoms with Crippen LogP contribution in [0.25, 0.3) is 0 Å². The van der Waals surface area contributed by atoms with E-state index in [1.807, 2.05) is 0 Å². The molecule has 1 N–H and O–H groups in total. The number of aromatic hydroxyl groups is 1. The van der Waals surface area contributed by atoms with E-state index in [1.165, 1.54) is 30.5 Å². The summed E-state index contributed by atoms with van der Waals surface area (Å²) in [5, 5.41) is 9.22. The van der Waals surface area contributed by atoms with E-state index < -0.39 is 5.97 Å². The largest absolute Gasteiger partial charge is 0.506 e. The third-order valence-electron chi connectivity index (χ3n) is 2.19. The van der Waals surface area contributed by atoms with Crippen LogP contribution in [0.4, 0.5) is 0 Å². The number of carbonyl (C=O) groups is 2. The minimum atomic E-state index is -0.492. The van der Waals surface area contributed by atoms with E-state index in [2.05, 4.69) is 9.72 Å². The van der Waals surface area contributed by atoms with Gasteiger partial charge in [-0.05, 0) is 13.0 Å². The van der Waals surface area contributed by atoms with Crippen molar-refractivity contribution in [1.82, 2.24) is 9.88 Å². The Morgan fingerprint density at radius 3 is 2.71 bits per heavy atom. The molecule has 0 fully saturated rings. The molecule has 92 valence electrons. The Labute approximate surface area is 98.8 Å². The van der Waals surface area contributed by atoms with Gasteiger partial charge in [-0.2, -0.15) is 0 Å². The number of amides is 1. The van der Waals surface area contributed by atoms with E-state index in [1.54, 1.807) is 6.92 Å². The second-order valence-electron chi connectivity index (χ2n) is 3.33. The second-order valence-corrected chi connectivity index (χ2v) is 3.33. The SMILES string of the molecule is CCN(CC(=O)OC)C(=O)c1cncc(O)c1. The number of hydrogen-bond donors (Lipinski definition) is 1. The van der Waals surface area contributed by atoms with E-state index in [0.29, 0.717) is 6.54 Å². The van der Waals surface area contributed by atoms with Gasteiger partial charge in [-0.1, -0.05) is 0 Å². The standard InChI is InChI=1S/C11H14N2O4/c1-3-13(7-10(15)17-2)11(16)8-4-9(14)6-12-5-8/h4-6,14H,3,7H2,1-2H3. The number of esters is 1. The molecular weight excluding hydrogens is 224 g/mol. The lowest BCUT2D eigenvalue weighted by molar-refractivity contribution is -0.141. The van der Waals surface area contributed by atoms with Crippen molar-refractivity contribution in [3.63, 3.8) is 0 Å². The smallest absolute Gasteiger partial charge is 0.325 e. The minimum absolute atomic E-state index is 0.0926. The van der Waals surface area contributed by atoms with Crippen molar-refractivity contribution in [3.05, 3.63) is 24.0 Å². The topological polar surface area (TPSA) is 79.7 Å². The molecule has 0 atom stereocenters. The predicted molar refractivity (Wildman–Crippen MR) is 59.5 cm³/mol. The molecule has 6 heteroatoms. The van der Waals surface area contributed by atoms with Gasteiger partial charge in [-0.15, -0.1) is 0 Å². The molecule has 0 aliphatic rings. The number of ether oxygens (including phenoxy) is 1. The lowest BCUT2D eigenvalue weighted by Gasteiger charge is -2.19. The first kappa shape index (κ1) is 13.0. The van der Waals surface area contributed by atoms with Crippen molar-refractivity contribution in [1.29, 1.82) is 0 Å². The number of methoxy groups -OCH3 is 1. The fourth-order valence-electron chi connectivity index (χ4n) is 1.27. The van der Waals surface area contributed by atoms with Gasteiger partial charge >= 0.3 is 5.97 Å². The van der Waals surface area contributed by atoms with Gasteiger partial charge in [0, 0.05) is 12.7 Å². The third-order valence-corrected chi connectivity index (χ3v) is 2.19. The Hall–Kier alpha value is -2.11. The normalized spacial score (nSPS) is 9.76. The van der Waals surface area contributed by atoms with Crippen LogP contribution in [0.2, 0.25) is 0 Å². The number of hydrogen-bond acceptors (Lipinski definition) is 5. The van der Waals surface area contributed by atoms with E-state index in [9.17, 15) is 14.7 Å². The molecule has 0 aromatic carbocycles. The van der Waals surface area contributed by atoms with Crippen LogP contribution in [0, 0.1) is 0 Å². The maximum absolute atomic E-state index is 11.9. The Bertz CT molecular complexity index is 420. The first-order valence-electron chi connectivity index (χ1n) is 5.08. The van der Waals surface area contributed by atoms with E-state index in [4.69, 9.17) is 0 Å². The molecule has 0 aliphatic heterocycles. The lowest BCUT2D eigenvalue weighted by atomic mass is 10.2. The molecule has 0 spiro atoms. The first-order valence-corrected chi connectivity index (χ1v) is 5.08. The Kier molecular flexibility index (Phi) is 4.45. The molecule has 1 rings (SSSR count). The van der Waals surface area contributed by atoms with Gasteiger partial charge < -0.3 is 14.7 Å². The summed E-state index contributed by atoms with van der Waals surface area (Å²) >= 11 is 0. The molecule has 0 bridgehead atoms. The Balaban J connectivity index is 2.82. The highest BCUT2D eigenvalue weighted by Crippen LogP contribution is 2.11. The van der Waals surface area contributed by atoms with Crippen LogP contribution in [0.15, 0.2) is 18.5 Å². The molecule has 0 saturated heterocycles. The summed E-state index contributed by atoms with van der Waals surface area (Å²) in [6, 6.07) is 1.30. The highest BCUT2D eigenvalue weighted by atomic mass is 16.5. The molecule has 1 aromatic heterocycles. The number of nitrogens with zero attached hydrogens (tertiary/aromatic N) is 2. The average Bonchev–Trinajstić information content (AvgIpc) is 2.34. The van der Waals surface area contributed by atoms with E-state index >= 15 is 0 Å². The highest BCUT2D eigenvalue weighted by molar-refractivity contribution is 5.95. The number of aromatic nitrogens is 1. The molecule has 0 radical (unpaired) electrons. The van der Waals surface area contributed by atoms with Gasteiger partial charge in [0.1, 0.15) is 12.3 Å². The highest BCUT2D eigenvalue weighted by Gasteiger charge is 2.18. The zero-order valence-corrected chi connectivity index (χ0v) is 9.71. The maximum atomic E-state index is 11.9. The monoisotopic (exact) mass is 238 g/mol. The molecule has 1 aromatic rings. The Morgan fingerprint density at radius 1 is 1.47 bits per heavy atom. The summed E-state index contributed by atoms with van der Waals surface area (Å²) < 4.78 is 4.49. The molecule has 0 aliphatic carbocycles. The summed E-state index contributed by atoms with van der Waals surface area (Å²) in [7, 11) is 1.26. The number of carbonyl (C=O) groups excluding carboxylic acids is 2. The molecule has 6 nitrogen and oxygen atoms in total. The third kappa shape index (κ3) is 3.44. The van der Waals surface area contributed by atoms with Gasteiger partial charge in [0.25, 0.3) is 5.91 Å². The van der Waals surface area contributed by atoms with E-state index in [-0.39, 0.29) is 23.8 Å². The molecule has 1 heterocycles. The molecule has 0 unspecified atom stereocenters.